The van der Waals surface area contributed by atoms with E-state index in [1.807, 2.05) is 23.0 Å². The summed E-state index contributed by atoms with van der Waals surface area (Å²) in [6, 6.07) is 3.69. The first-order valence-electron chi connectivity index (χ1n) is 3.92. The number of hydrogen-bond acceptors (Lipinski definition) is 4. The zero-order valence-corrected chi connectivity index (χ0v) is 8.39. The SMILES string of the molecule is CNC(=O)ONC(=O)Cc1cccs1. The molecule has 0 saturated carbocycles. The first-order chi connectivity index (χ1) is 6.72. The molecule has 0 radical (unpaired) electrons. The van der Waals surface area contributed by atoms with Crippen LogP contribution in [0.25, 0.3) is 0 Å². The van der Waals surface area contributed by atoms with Gasteiger partial charge in [-0.1, -0.05) is 6.07 Å². The van der Waals surface area contributed by atoms with Crippen molar-refractivity contribution in [1.29, 1.82) is 0 Å². The fourth-order valence-corrected chi connectivity index (χ4v) is 1.47. The lowest BCUT2D eigenvalue weighted by Gasteiger charge is -2.03. The van der Waals surface area contributed by atoms with Crippen LogP contribution < -0.4 is 10.8 Å². The molecule has 0 aliphatic heterocycles. The van der Waals surface area contributed by atoms with E-state index in [9.17, 15) is 9.59 Å². The second-order valence-electron chi connectivity index (χ2n) is 2.42. The third kappa shape index (κ3) is 3.44. The zero-order chi connectivity index (χ0) is 10.4. The van der Waals surface area contributed by atoms with E-state index in [4.69, 9.17) is 0 Å². The van der Waals surface area contributed by atoms with Gasteiger partial charge in [-0.15, -0.1) is 11.3 Å². The summed E-state index contributed by atoms with van der Waals surface area (Å²) in [5.74, 6) is -0.351. The average molecular weight is 214 g/mol. The summed E-state index contributed by atoms with van der Waals surface area (Å²) in [7, 11) is 1.41. The molecule has 6 heteroatoms. The summed E-state index contributed by atoms with van der Waals surface area (Å²) in [4.78, 5) is 27.0. The number of carbonyl (C=O) groups excluding carboxylic acids is 2. The van der Waals surface area contributed by atoms with Crippen molar-refractivity contribution in [1.82, 2.24) is 10.8 Å². The zero-order valence-electron chi connectivity index (χ0n) is 7.57. The Morgan fingerprint density at radius 3 is 2.93 bits per heavy atom. The summed E-state index contributed by atoms with van der Waals surface area (Å²) in [5, 5.41) is 4.08. The van der Waals surface area contributed by atoms with Crippen molar-refractivity contribution < 1.29 is 14.4 Å². The highest BCUT2D eigenvalue weighted by Crippen LogP contribution is 2.08. The molecule has 5 nitrogen and oxygen atoms in total. The lowest BCUT2D eigenvalue weighted by molar-refractivity contribution is -0.128. The first-order valence-corrected chi connectivity index (χ1v) is 4.80. The van der Waals surface area contributed by atoms with E-state index in [1.54, 1.807) is 0 Å². The van der Waals surface area contributed by atoms with Gasteiger partial charge in [0.15, 0.2) is 0 Å². The summed E-state index contributed by atoms with van der Waals surface area (Å²) < 4.78 is 0. The molecule has 0 aliphatic carbocycles. The molecule has 0 unspecified atom stereocenters. The fourth-order valence-electron chi connectivity index (χ4n) is 0.762. The Morgan fingerprint density at radius 2 is 2.36 bits per heavy atom. The molecule has 0 fully saturated rings. The van der Waals surface area contributed by atoms with Gasteiger partial charge < -0.3 is 10.2 Å². The van der Waals surface area contributed by atoms with E-state index in [0.717, 1.165) is 4.88 Å². The number of amides is 2. The van der Waals surface area contributed by atoms with Crippen molar-refractivity contribution >= 4 is 23.3 Å². The van der Waals surface area contributed by atoms with Gasteiger partial charge in [0.2, 0.25) is 0 Å². The van der Waals surface area contributed by atoms with Crippen LogP contribution >= 0.6 is 11.3 Å². The standard InChI is InChI=1S/C8H10N2O3S/c1-9-8(12)13-10-7(11)5-6-3-2-4-14-6/h2-4H,5H2,1H3,(H,9,12)(H,10,11). The minimum atomic E-state index is -0.690. The highest BCUT2D eigenvalue weighted by molar-refractivity contribution is 7.10. The van der Waals surface area contributed by atoms with E-state index < -0.39 is 6.09 Å². The second-order valence-corrected chi connectivity index (χ2v) is 3.45. The third-order valence-electron chi connectivity index (χ3n) is 1.38. The van der Waals surface area contributed by atoms with Crippen LogP contribution in [-0.4, -0.2) is 19.0 Å². The van der Waals surface area contributed by atoms with Crippen molar-refractivity contribution in [3.05, 3.63) is 22.4 Å². The Morgan fingerprint density at radius 1 is 1.57 bits per heavy atom. The van der Waals surface area contributed by atoms with Gasteiger partial charge in [0.25, 0.3) is 5.91 Å². The van der Waals surface area contributed by atoms with E-state index in [0.29, 0.717) is 0 Å². The molecular formula is C8H10N2O3S. The lowest BCUT2D eigenvalue weighted by Crippen LogP contribution is -2.32. The number of hydroxylamine groups is 1. The van der Waals surface area contributed by atoms with Crippen LogP contribution in [0.15, 0.2) is 17.5 Å². The summed E-state index contributed by atoms with van der Waals surface area (Å²) in [6.07, 6.45) is -0.473. The monoisotopic (exact) mass is 214 g/mol. The van der Waals surface area contributed by atoms with Gasteiger partial charge in [-0.05, 0) is 11.4 Å². The van der Waals surface area contributed by atoms with E-state index in [-0.39, 0.29) is 12.3 Å². The normalized spacial score (nSPS) is 9.21. The Labute approximate surface area is 85.0 Å². The minimum absolute atomic E-state index is 0.217. The van der Waals surface area contributed by atoms with E-state index >= 15 is 0 Å². The highest BCUT2D eigenvalue weighted by Gasteiger charge is 2.06. The van der Waals surface area contributed by atoms with Gasteiger partial charge in [0, 0.05) is 11.9 Å². The van der Waals surface area contributed by atoms with Crippen LogP contribution in [0.3, 0.4) is 0 Å². The van der Waals surface area contributed by atoms with Crippen molar-refractivity contribution in [3.63, 3.8) is 0 Å². The number of carbonyl (C=O) groups is 2. The van der Waals surface area contributed by atoms with Crippen LogP contribution in [0.4, 0.5) is 4.79 Å². The summed E-state index contributed by atoms with van der Waals surface area (Å²) in [5.41, 5.74) is 2.03. The molecule has 2 N–H and O–H groups in total. The maximum Gasteiger partial charge on any atom is 0.431 e. The van der Waals surface area contributed by atoms with Gasteiger partial charge in [-0.2, -0.15) is 5.48 Å². The number of hydrogen-bond donors (Lipinski definition) is 2. The second kappa shape index (κ2) is 5.23. The Kier molecular flexibility index (Phi) is 3.93. The van der Waals surface area contributed by atoms with Crippen LogP contribution in [0.2, 0.25) is 0 Å². The predicted molar refractivity (Wildman–Crippen MR) is 51.7 cm³/mol. The molecule has 0 aromatic carbocycles. The lowest BCUT2D eigenvalue weighted by atomic mass is 10.3. The van der Waals surface area contributed by atoms with Crippen molar-refractivity contribution in [2.24, 2.45) is 0 Å². The predicted octanol–water partition coefficient (Wildman–Crippen LogP) is 0.678. The molecule has 1 heterocycles. The topological polar surface area (TPSA) is 67.4 Å². The largest absolute Gasteiger partial charge is 0.431 e. The minimum Gasteiger partial charge on any atom is -0.323 e. The molecule has 2 amide bonds. The molecular weight excluding hydrogens is 204 g/mol. The average Bonchev–Trinajstić information content (AvgIpc) is 2.66. The van der Waals surface area contributed by atoms with Crippen molar-refractivity contribution in [2.75, 3.05) is 7.05 Å². The summed E-state index contributed by atoms with van der Waals surface area (Å²) in [6.45, 7) is 0. The molecule has 0 spiro atoms. The molecule has 14 heavy (non-hydrogen) atoms. The number of nitrogens with one attached hydrogen (secondary N) is 2. The third-order valence-corrected chi connectivity index (χ3v) is 2.25. The quantitative estimate of drug-likeness (QED) is 0.711. The number of thiophene rings is 1. The van der Waals surface area contributed by atoms with Gasteiger partial charge in [-0.25, -0.2) is 4.79 Å². The molecule has 1 aromatic rings. The smallest absolute Gasteiger partial charge is 0.323 e. The Balaban J connectivity index is 2.26. The van der Waals surface area contributed by atoms with Gasteiger partial charge in [0.1, 0.15) is 0 Å². The van der Waals surface area contributed by atoms with Crippen LogP contribution in [0.1, 0.15) is 4.88 Å². The maximum atomic E-state index is 11.1. The van der Waals surface area contributed by atoms with Crippen LogP contribution in [-0.2, 0) is 16.1 Å². The molecule has 0 atom stereocenters. The van der Waals surface area contributed by atoms with Crippen molar-refractivity contribution in [2.45, 2.75) is 6.42 Å². The fraction of sp³-hybridized carbons (Fsp3) is 0.250. The van der Waals surface area contributed by atoms with Gasteiger partial charge in [-0.3, -0.25) is 4.79 Å². The molecule has 0 aliphatic rings. The van der Waals surface area contributed by atoms with Crippen LogP contribution in [0, 0.1) is 0 Å². The Hall–Kier alpha value is -1.56. The highest BCUT2D eigenvalue weighted by atomic mass is 32.1. The van der Waals surface area contributed by atoms with E-state index in [1.165, 1.54) is 18.4 Å². The maximum absolute atomic E-state index is 11.1. The van der Waals surface area contributed by atoms with Gasteiger partial charge >= 0.3 is 6.09 Å². The van der Waals surface area contributed by atoms with Crippen LogP contribution in [0.5, 0.6) is 0 Å². The van der Waals surface area contributed by atoms with Gasteiger partial charge in [0.05, 0.1) is 6.42 Å². The summed E-state index contributed by atoms with van der Waals surface area (Å²) >= 11 is 1.47. The van der Waals surface area contributed by atoms with E-state index in [2.05, 4.69) is 10.2 Å². The molecule has 1 aromatic heterocycles. The number of rotatable bonds is 2. The molecule has 76 valence electrons. The van der Waals surface area contributed by atoms with Crippen molar-refractivity contribution in [3.8, 4) is 0 Å². The Bertz CT molecular complexity index is 310. The first kappa shape index (κ1) is 10.5. The molecule has 0 bridgehead atoms. The molecule has 1 rings (SSSR count). The molecule has 0 saturated heterocycles.